The van der Waals surface area contributed by atoms with E-state index in [0.29, 0.717) is 6.42 Å². The van der Waals surface area contributed by atoms with Crippen molar-refractivity contribution in [1.29, 1.82) is 0 Å². The number of hydrogen-bond donors (Lipinski definition) is 2. The Bertz CT molecular complexity index is 906. The van der Waals surface area contributed by atoms with Crippen LogP contribution < -0.4 is 10.6 Å². The smallest absolute Gasteiger partial charge is 0.237 e. The number of hydrogen-bond acceptors (Lipinski definition) is 4. The van der Waals surface area contributed by atoms with E-state index in [-0.39, 0.29) is 18.0 Å². The van der Waals surface area contributed by atoms with Gasteiger partial charge in [0.1, 0.15) is 12.7 Å². The number of aromatic nitrogens is 3. The number of amides is 1. The third kappa shape index (κ3) is 3.36. The predicted octanol–water partition coefficient (Wildman–Crippen LogP) is 2.16. The van der Waals surface area contributed by atoms with Crippen molar-refractivity contribution in [3.8, 4) is 5.69 Å². The molecular formula is C20H21N5O. The number of nitrogens with zero attached hydrogens (tertiary/aromatic N) is 3. The summed E-state index contributed by atoms with van der Waals surface area (Å²) < 4.78 is 1.71. The Balaban J connectivity index is 1.44. The molecule has 0 saturated carbocycles. The Hall–Kier alpha value is -2.99. The minimum absolute atomic E-state index is 0.0261. The molecule has 0 bridgehead atoms. The number of carbonyl (C=O) groups is 1. The average molecular weight is 347 g/mol. The van der Waals surface area contributed by atoms with Crippen molar-refractivity contribution in [2.45, 2.75) is 32.0 Å². The molecule has 4 rings (SSSR count). The van der Waals surface area contributed by atoms with Gasteiger partial charge in [-0.25, -0.2) is 9.67 Å². The molecule has 0 spiro atoms. The van der Waals surface area contributed by atoms with E-state index < -0.39 is 0 Å². The summed E-state index contributed by atoms with van der Waals surface area (Å²) >= 11 is 0. The average Bonchev–Trinajstić information content (AvgIpc) is 3.22. The number of fused-ring (bicyclic) bond motifs is 1. The largest absolute Gasteiger partial charge is 0.348 e. The lowest BCUT2D eigenvalue weighted by Crippen LogP contribution is -2.48. The Labute approximate surface area is 152 Å². The molecule has 3 aromatic rings. The maximum absolute atomic E-state index is 12.7. The summed E-state index contributed by atoms with van der Waals surface area (Å²) in [5.74, 6) is 0.0261. The van der Waals surface area contributed by atoms with Crippen molar-refractivity contribution in [2.75, 3.05) is 0 Å². The maximum Gasteiger partial charge on any atom is 0.237 e. The van der Waals surface area contributed by atoms with Crippen LogP contribution in [0.3, 0.4) is 0 Å². The molecule has 1 amide bonds. The van der Waals surface area contributed by atoms with E-state index in [4.69, 9.17) is 0 Å². The summed E-state index contributed by atoms with van der Waals surface area (Å²) in [6.07, 6.45) is 3.88. The summed E-state index contributed by atoms with van der Waals surface area (Å²) in [5.41, 5.74) is 4.46. The third-order valence-corrected chi connectivity index (χ3v) is 4.81. The summed E-state index contributed by atoms with van der Waals surface area (Å²) in [5, 5.41) is 10.6. The van der Waals surface area contributed by atoms with Crippen LogP contribution in [-0.2, 0) is 17.8 Å². The van der Waals surface area contributed by atoms with Gasteiger partial charge in [-0.2, -0.15) is 5.10 Å². The lowest BCUT2D eigenvalue weighted by atomic mass is 9.95. The van der Waals surface area contributed by atoms with Crippen molar-refractivity contribution in [3.05, 3.63) is 77.9 Å². The summed E-state index contributed by atoms with van der Waals surface area (Å²) in [7, 11) is 0. The minimum Gasteiger partial charge on any atom is -0.348 e. The van der Waals surface area contributed by atoms with Crippen LogP contribution in [0, 0.1) is 0 Å². The fraction of sp³-hybridized carbons (Fsp3) is 0.250. The quantitative estimate of drug-likeness (QED) is 0.759. The third-order valence-electron chi connectivity index (χ3n) is 4.81. The molecule has 2 N–H and O–H groups in total. The van der Waals surface area contributed by atoms with Crippen LogP contribution in [0.25, 0.3) is 5.69 Å². The van der Waals surface area contributed by atoms with Crippen LogP contribution in [0.2, 0.25) is 0 Å². The lowest BCUT2D eigenvalue weighted by molar-refractivity contribution is -0.124. The molecule has 1 aliphatic rings. The highest BCUT2D eigenvalue weighted by Crippen LogP contribution is 2.19. The first-order chi connectivity index (χ1) is 12.7. The van der Waals surface area contributed by atoms with Gasteiger partial charge in [-0.1, -0.05) is 36.4 Å². The van der Waals surface area contributed by atoms with Gasteiger partial charge < -0.3 is 10.6 Å². The van der Waals surface area contributed by atoms with Gasteiger partial charge in [0.15, 0.2) is 0 Å². The van der Waals surface area contributed by atoms with Crippen molar-refractivity contribution < 1.29 is 4.79 Å². The van der Waals surface area contributed by atoms with Crippen molar-refractivity contribution >= 4 is 5.91 Å². The van der Waals surface area contributed by atoms with Crippen molar-refractivity contribution in [1.82, 2.24) is 25.4 Å². The monoisotopic (exact) mass is 347 g/mol. The predicted molar refractivity (Wildman–Crippen MR) is 98.7 cm³/mol. The number of benzene rings is 2. The molecule has 2 atom stereocenters. The Morgan fingerprint density at radius 3 is 2.88 bits per heavy atom. The van der Waals surface area contributed by atoms with E-state index in [2.05, 4.69) is 32.8 Å². The molecule has 0 saturated heterocycles. The van der Waals surface area contributed by atoms with Crippen LogP contribution >= 0.6 is 0 Å². The van der Waals surface area contributed by atoms with Crippen molar-refractivity contribution in [3.63, 3.8) is 0 Å². The summed E-state index contributed by atoms with van der Waals surface area (Å²) in [6, 6.07) is 15.9. The summed E-state index contributed by atoms with van der Waals surface area (Å²) in [4.78, 5) is 16.7. The van der Waals surface area contributed by atoms with E-state index in [1.165, 1.54) is 17.5 Å². The second-order valence-corrected chi connectivity index (χ2v) is 6.57. The molecule has 0 unspecified atom stereocenters. The number of nitrogens with one attached hydrogen (secondary N) is 2. The Morgan fingerprint density at radius 1 is 1.23 bits per heavy atom. The van der Waals surface area contributed by atoms with Crippen LogP contribution in [0.5, 0.6) is 0 Å². The molecule has 2 heterocycles. The first-order valence-electron chi connectivity index (χ1n) is 8.76. The fourth-order valence-corrected chi connectivity index (χ4v) is 3.32. The van der Waals surface area contributed by atoms with E-state index in [9.17, 15) is 4.79 Å². The first kappa shape index (κ1) is 16.5. The van der Waals surface area contributed by atoms with E-state index in [1.54, 1.807) is 11.0 Å². The first-order valence-corrected chi connectivity index (χ1v) is 8.76. The van der Waals surface area contributed by atoms with Gasteiger partial charge >= 0.3 is 0 Å². The zero-order chi connectivity index (χ0) is 17.9. The second kappa shape index (κ2) is 7.09. The zero-order valence-corrected chi connectivity index (χ0v) is 14.6. The highest BCUT2D eigenvalue weighted by atomic mass is 16.2. The Kier molecular flexibility index (Phi) is 4.50. The van der Waals surface area contributed by atoms with Gasteiger partial charge in [0, 0.05) is 6.54 Å². The second-order valence-electron chi connectivity index (χ2n) is 6.57. The molecule has 2 aromatic carbocycles. The molecule has 0 radical (unpaired) electrons. The number of carbonyl (C=O) groups excluding carboxylic acids is 1. The zero-order valence-electron chi connectivity index (χ0n) is 14.6. The fourth-order valence-electron chi connectivity index (χ4n) is 3.32. The SMILES string of the molecule is C[C@H](NC(=O)[C@@H]1Cc2ccccc2CN1)c1cccc(-n2cncn2)c1. The highest BCUT2D eigenvalue weighted by molar-refractivity contribution is 5.82. The Morgan fingerprint density at radius 2 is 2.08 bits per heavy atom. The van der Waals surface area contributed by atoms with E-state index in [0.717, 1.165) is 17.8 Å². The van der Waals surface area contributed by atoms with E-state index in [1.807, 2.05) is 43.3 Å². The molecule has 6 heteroatoms. The van der Waals surface area contributed by atoms with Gasteiger partial charge in [-0.3, -0.25) is 4.79 Å². The maximum atomic E-state index is 12.7. The van der Waals surface area contributed by atoms with Crippen LogP contribution in [0.4, 0.5) is 0 Å². The summed E-state index contributed by atoms with van der Waals surface area (Å²) in [6.45, 7) is 2.72. The minimum atomic E-state index is -0.203. The van der Waals surface area contributed by atoms with Gasteiger partial charge in [0.25, 0.3) is 0 Å². The molecule has 0 fully saturated rings. The van der Waals surface area contributed by atoms with Crippen LogP contribution in [-0.4, -0.2) is 26.7 Å². The van der Waals surface area contributed by atoms with Gasteiger partial charge in [-0.15, -0.1) is 0 Å². The topological polar surface area (TPSA) is 71.8 Å². The molecule has 6 nitrogen and oxygen atoms in total. The standard InChI is InChI=1S/C20H21N5O/c1-14(15-7-4-8-18(9-15)25-13-21-12-23-25)24-20(26)19-10-16-5-2-3-6-17(16)11-22-19/h2-9,12-14,19,22H,10-11H2,1H3,(H,24,26)/t14-,19-/m0/s1. The molecule has 132 valence electrons. The molecule has 26 heavy (non-hydrogen) atoms. The van der Waals surface area contributed by atoms with Gasteiger partial charge in [-0.05, 0) is 42.2 Å². The molecule has 0 aliphatic carbocycles. The van der Waals surface area contributed by atoms with Crippen LogP contribution in [0.15, 0.2) is 61.2 Å². The van der Waals surface area contributed by atoms with Gasteiger partial charge in [0.2, 0.25) is 5.91 Å². The molecule has 1 aromatic heterocycles. The van der Waals surface area contributed by atoms with Gasteiger partial charge in [0.05, 0.1) is 17.8 Å². The lowest BCUT2D eigenvalue weighted by Gasteiger charge is -2.27. The molecule has 1 aliphatic heterocycles. The normalized spacial score (nSPS) is 17.3. The molecular weight excluding hydrogens is 326 g/mol. The van der Waals surface area contributed by atoms with E-state index >= 15 is 0 Å². The number of rotatable bonds is 4. The van der Waals surface area contributed by atoms with Crippen LogP contribution in [0.1, 0.15) is 29.7 Å². The highest BCUT2D eigenvalue weighted by Gasteiger charge is 2.25. The van der Waals surface area contributed by atoms with Crippen molar-refractivity contribution in [2.24, 2.45) is 0 Å².